The molecule has 106 valence electrons. The number of carbonyl (C=O) groups is 1. The molecular weight excluding hydrogens is 240 g/mol. The topological polar surface area (TPSA) is 57.5 Å². The zero-order valence-corrected chi connectivity index (χ0v) is 12.4. The lowest BCUT2D eigenvalue weighted by atomic mass is 9.78. The molecule has 19 heavy (non-hydrogen) atoms. The summed E-state index contributed by atoms with van der Waals surface area (Å²) in [6.07, 6.45) is 0.194. The Labute approximate surface area is 115 Å². The highest BCUT2D eigenvalue weighted by molar-refractivity contribution is 5.69. The van der Waals surface area contributed by atoms with Crippen molar-refractivity contribution in [2.45, 2.75) is 53.1 Å². The molecule has 0 radical (unpaired) electrons. The number of aliphatic carboxylic acids is 1. The minimum absolute atomic E-state index is 0.226. The van der Waals surface area contributed by atoms with Crippen LogP contribution in [-0.4, -0.2) is 16.2 Å². The minimum Gasteiger partial charge on any atom is -0.481 e. The van der Waals surface area contributed by atoms with Crippen LogP contribution < -0.4 is 0 Å². The smallest absolute Gasteiger partial charge is 0.306 e. The van der Waals surface area contributed by atoms with Gasteiger partial charge < -0.3 is 10.2 Å². The van der Waals surface area contributed by atoms with Crippen molar-refractivity contribution in [3.8, 4) is 0 Å². The Kier molecular flexibility index (Phi) is 4.75. The fraction of sp³-hybridized carbons (Fsp3) is 0.562. The van der Waals surface area contributed by atoms with Gasteiger partial charge in [0.05, 0.1) is 6.42 Å². The van der Waals surface area contributed by atoms with Crippen LogP contribution in [0.3, 0.4) is 0 Å². The van der Waals surface area contributed by atoms with Crippen molar-refractivity contribution in [2.75, 3.05) is 0 Å². The lowest BCUT2D eigenvalue weighted by Crippen LogP contribution is -2.32. The third-order valence-corrected chi connectivity index (χ3v) is 3.33. The van der Waals surface area contributed by atoms with Gasteiger partial charge in [-0.05, 0) is 49.8 Å². The van der Waals surface area contributed by atoms with Crippen LogP contribution in [0, 0.1) is 26.7 Å². The van der Waals surface area contributed by atoms with E-state index in [1.54, 1.807) is 0 Å². The molecule has 0 spiro atoms. The summed E-state index contributed by atoms with van der Waals surface area (Å²) in [6, 6.07) is 3.99. The summed E-state index contributed by atoms with van der Waals surface area (Å²) in [5, 5.41) is 20.0. The lowest BCUT2D eigenvalue weighted by molar-refractivity contribution is -0.143. The normalized spacial score (nSPS) is 14.5. The monoisotopic (exact) mass is 264 g/mol. The average molecular weight is 264 g/mol. The standard InChI is InChI=1S/C16H24O3/c1-10(2)8-16(19,9-14(17)18)15-12(4)6-11(3)7-13(15)5/h6-7,10,19H,8-9H2,1-5H3,(H,17,18). The van der Waals surface area contributed by atoms with Gasteiger partial charge >= 0.3 is 5.97 Å². The van der Waals surface area contributed by atoms with Crippen LogP contribution in [0.2, 0.25) is 0 Å². The molecule has 3 heteroatoms. The van der Waals surface area contributed by atoms with Gasteiger partial charge in [-0.1, -0.05) is 31.5 Å². The fourth-order valence-corrected chi connectivity index (χ4v) is 3.10. The molecule has 1 unspecified atom stereocenters. The summed E-state index contributed by atoms with van der Waals surface area (Å²) in [5.41, 5.74) is 2.53. The maximum absolute atomic E-state index is 11.1. The predicted molar refractivity (Wildman–Crippen MR) is 76.3 cm³/mol. The van der Waals surface area contributed by atoms with Gasteiger partial charge in [-0.3, -0.25) is 4.79 Å². The number of rotatable bonds is 5. The lowest BCUT2D eigenvalue weighted by Gasteiger charge is -2.32. The van der Waals surface area contributed by atoms with E-state index in [9.17, 15) is 9.90 Å². The summed E-state index contributed by atoms with van der Waals surface area (Å²) in [6.45, 7) is 9.85. The first-order valence-electron chi connectivity index (χ1n) is 6.68. The van der Waals surface area contributed by atoms with Gasteiger partial charge in [-0.25, -0.2) is 0 Å². The van der Waals surface area contributed by atoms with E-state index in [1.165, 1.54) is 0 Å². The van der Waals surface area contributed by atoms with E-state index in [1.807, 2.05) is 46.8 Å². The van der Waals surface area contributed by atoms with E-state index < -0.39 is 11.6 Å². The first-order chi connectivity index (χ1) is 8.65. The maximum Gasteiger partial charge on any atom is 0.306 e. The van der Waals surface area contributed by atoms with Crippen molar-refractivity contribution in [3.63, 3.8) is 0 Å². The van der Waals surface area contributed by atoms with E-state index in [-0.39, 0.29) is 12.3 Å². The minimum atomic E-state index is -1.29. The van der Waals surface area contributed by atoms with Crippen molar-refractivity contribution in [3.05, 3.63) is 34.4 Å². The number of aryl methyl sites for hydroxylation is 3. The second-order valence-electron chi connectivity index (χ2n) is 5.97. The van der Waals surface area contributed by atoms with Crippen molar-refractivity contribution < 1.29 is 15.0 Å². The van der Waals surface area contributed by atoms with Crippen LogP contribution in [0.4, 0.5) is 0 Å². The van der Waals surface area contributed by atoms with Crippen molar-refractivity contribution in [1.82, 2.24) is 0 Å². The molecule has 0 heterocycles. The highest BCUT2D eigenvalue weighted by Crippen LogP contribution is 2.36. The molecule has 0 bridgehead atoms. The van der Waals surface area contributed by atoms with Crippen LogP contribution >= 0.6 is 0 Å². The Balaban J connectivity index is 3.36. The van der Waals surface area contributed by atoms with E-state index >= 15 is 0 Å². The molecule has 1 aromatic rings. The van der Waals surface area contributed by atoms with E-state index in [2.05, 4.69) is 0 Å². The molecule has 0 saturated heterocycles. The second-order valence-corrected chi connectivity index (χ2v) is 5.97. The van der Waals surface area contributed by atoms with E-state index in [0.717, 1.165) is 22.3 Å². The molecule has 0 aromatic heterocycles. The Bertz CT molecular complexity index is 454. The van der Waals surface area contributed by atoms with E-state index in [0.29, 0.717) is 6.42 Å². The van der Waals surface area contributed by atoms with Gasteiger partial charge in [0.2, 0.25) is 0 Å². The quantitative estimate of drug-likeness (QED) is 0.857. The number of hydrogen-bond donors (Lipinski definition) is 2. The molecule has 0 aliphatic rings. The molecule has 0 amide bonds. The maximum atomic E-state index is 11.1. The summed E-state index contributed by atoms with van der Waals surface area (Å²) < 4.78 is 0. The van der Waals surface area contributed by atoms with Crippen LogP contribution in [0.5, 0.6) is 0 Å². The number of benzene rings is 1. The third-order valence-electron chi connectivity index (χ3n) is 3.33. The molecule has 3 nitrogen and oxygen atoms in total. The summed E-state index contributed by atoms with van der Waals surface area (Å²) >= 11 is 0. The molecule has 0 aliphatic heterocycles. The van der Waals surface area contributed by atoms with Gasteiger partial charge in [0.15, 0.2) is 0 Å². The number of carboxylic acid groups (broad SMARTS) is 1. The first kappa shape index (κ1) is 15.7. The second kappa shape index (κ2) is 5.74. The fourth-order valence-electron chi connectivity index (χ4n) is 3.10. The van der Waals surface area contributed by atoms with Crippen LogP contribution in [0.25, 0.3) is 0 Å². The van der Waals surface area contributed by atoms with Gasteiger partial charge in [0.1, 0.15) is 5.60 Å². The zero-order valence-electron chi connectivity index (χ0n) is 12.4. The molecule has 1 rings (SSSR count). The molecule has 1 atom stereocenters. The van der Waals surface area contributed by atoms with E-state index in [4.69, 9.17) is 5.11 Å². The van der Waals surface area contributed by atoms with Gasteiger partial charge in [-0.15, -0.1) is 0 Å². The molecule has 0 fully saturated rings. The number of hydrogen-bond acceptors (Lipinski definition) is 2. The Hall–Kier alpha value is -1.35. The Morgan fingerprint density at radius 2 is 1.68 bits per heavy atom. The highest BCUT2D eigenvalue weighted by atomic mass is 16.4. The van der Waals surface area contributed by atoms with Crippen LogP contribution in [0.15, 0.2) is 12.1 Å². The molecule has 2 N–H and O–H groups in total. The number of aliphatic hydroxyl groups is 1. The van der Waals surface area contributed by atoms with Crippen molar-refractivity contribution >= 4 is 5.97 Å². The van der Waals surface area contributed by atoms with Crippen molar-refractivity contribution in [1.29, 1.82) is 0 Å². The molecular formula is C16H24O3. The number of carboxylic acids is 1. The average Bonchev–Trinajstić information content (AvgIpc) is 2.10. The molecule has 1 aromatic carbocycles. The summed E-state index contributed by atoms with van der Waals surface area (Å²) in [5.74, 6) is -0.744. The van der Waals surface area contributed by atoms with Gasteiger partial charge in [-0.2, -0.15) is 0 Å². The Morgan fingerprint density at radius 1 is 1.21 bits per heavy atom. The van der Waals surface area contributed by atoms with Crippen LogP contribution in [-0.2, 0) is 10.4 Å². The SMILES string of the molecule is Cc1cc(C)c(C(O)(CC(=O)O)CC(C)C)c(C)c1. The first-order valence-corrected chi connectivity index (χ1v) is 6.68. The molecule has 0 saturated carbocycles. The summed E-state index contributed by atoms with van der Waals surface area (Å²) in [4.78, 5) is 11.1. The summed E-state index contributed by atoms with van der Waals surface area (Å²) in [7, 11) is 0. The van der Waals surface area contributed by atoms with Crippen molar-refractivity contribution in [2.24, 2.45) is 5.92 Å². The molecule has 0 aliphatic carbocycles. The predicted octanol–water partition coefficient (Wildman–Crippen LogP) is 3.32. The van der Waals surface area contributed by atoms with Gasteiger partial charge in [0, 0.05) is 0 Å². The highest BCUT2D eigenvalue weighted by Gasteiger charge is 2.35. The Morgan fingerprint density at radius 3 is 2.05 bits per heavy atom. The van der Waals surface area contributed by atoms with Crippen LogP contribution in [0.1, 0.15) is 48.9 Å². The zero-order chi connectivity index (χ0) is 14.8. The third kappa shape index (κ3) is 3.80. The largest absolute Gasteiger partial charge is 0.481 e. The van der Waals surface area contributed by atoms with Gasteiger partial charge in [0.25, 0.3) is 0 Å².